The van der Waals surface area contributed by atoms with E-state index in [0.29, 0.717) is 11.3 Å². The smallest absolute Gasteiger partial charge is 0.279 e. The van der Waals surface area contributed by atoms with Gasteiger partial charge in [0.25, 0.3) is 11.8 Å². The molecule has 0 aliphatic heterocycles. The van der Waals surface area contributed by atoms with Gasteiger partial charge < -0.3 is 4.74 Å². The van der Waals surface area contributed by atoms with Crippen molar-refractivity contribution in [3.63, 3.8) is 0 Å². The Morgan fingerprint density at radius 3 is 2.56 bits per heavy atom. The van der Waals surface area contributed by atoms with Gasteiger partial charge in [0.1, 0.15) is 5.75 Å². The minimum atomic E-state index is -0.786. The minimum Gasteiger partial charge on any atom is -0.481 e. The molecule has 0 saturated carbocycles. The van der Waals surface area contributed by atoms with Crippen LogP contribution in [-0.2, 0) is 4.79 Å². The van der Waals surface area contributed by atoms with Crippen molar-refractivity contribution < 1.29 is 14.3 Å². The zero-order valence-corrected chi connectivity index (χ0v) is 14.3. The maximum absolute atomic E-state index is 12.1. The molecule has 2 aromatic carbocycles. The van der Waals surface area contributed by atoms with Crippen LogP contribution in [0.3, 0.4) is 0 Å². The summed E-state index contributed by atoms with van der Waals surface area (Å²) in [7, 11) is 0. The SMILES string of the molecule is Cc1cccc(O[C@H](C)C(=O)NNC(=O)c2cccc(C#N)c2)c1C. The lowest BCUT2D eigenvalue weighted by Crippen LogP contribution is -2.47. The highest BCUT2D eigenvalue weighted by Gasteiger charge is 2.17. The third kappa shape index (κ3) is 4.58. The summed E-state index contributed by atoms with van der Waals surface area (Å²) in [6, 6.07) is 13.7. The van der Waals surface area contributed by atoms with Gasteiger partial charge in [0.2, 0.25) is 0 Å². The van der Waals surface area contributed by atoms with E-state index in [2.05, 4.69) is 10.9 Å². The number of nitrogens with zero attached hydrogens (tertiary/aromatic N) is 1. The van der Waals surface area contributed by atoms with Crippen LogP contribution in [0.4, 0.5) is 0 Å². The summed E-state index contributed by atoms with van der Waals surface area (Å²) in [5, 5.41) is 8.85. The number of carbonyl (C=O) groups is 2. The van der Waals surface area contributed by atoms with Crippen LogP contribution in [-0.4, -0.2) is 17.9 Å². The third-order valence-corrected chi connectivity index (χ3v) is 3.78. The first kappa shape index (κ1) is 18.0. The minimum absolute atomic E-state index is 0.280. The molecular weight excluding hydrogens is 318 g/mol. The number of hydrazine groups is 1. The van der Waals surface area contributed by atoms with E-state index in [1.54, 1.807) is 31.2 Å². The van der Waals surface area contributed by atoms with Crippen molar-refractivity contribution in [2.45, 2.75) is 26.9 Å². The molecule has 128 valence electrons. The molecule has 0 aliphatic rings. The highest BCUT2D eigenvalue weighted by Crippen LogP contribution is 2.21. The fourth-order valence-electron chi connectivity index (χ4n) is 2.12. The average molecular weight is 337 g/mol. The van der Waals surface area contributed by atoms with Crippen LogP contribution in [0.1, 0.15) is 34.0 Å². The molecule has 0 fully saturated rings. The van der Waals surface area contributed by atoms with Crippen molar-refractivity contribution in [3.05, 3.63) is 64.7 Å². The van der Waals surface area contributed by atoms with Crippen LogP contribution in [0, 0.1) is 25.2 Å². The summed E-state index contributed by atoms with van der Waals surface area (Å²) >= 11 is 0. The van der Waals surface area contributed by atoms with Crippen molar-refractivity contribution in [3.8, 4) is 11.8 Å². The fraction of sp³-hybridized carbons (Fsp3) is 0.211. The van der Waals surface area contributed by atoms with Gasteiger partial charge in [-0.15, -0.1) is 0 Å². The summed E-state index contributed by atoms with van der Waals surface area (Å²) in [6.45, 7) is 5.47. The van der Waals surface area contributed by atoms with Gasteiger partial charge in [-0.2, -0.15) is 5.26 Å². The molecule has 2 aromatic rings. The molecule has 0 spiro atoms. The summed E-state index contributed by atoms with van der Waals surface area (Å²) < 4.78 is 5.66. The predicted octanol–water partition coefficient (Wildman–Crippen LogP) is 2.40. The first-order valence-corrected chi connectivity index (χ1v) is 7.75. The largest absolute Gasteiger partial charge is 0.481 e. The zero-order chi connectivity index (χ0) is 18.4. The van der Waals surface area contributed by atoms with Crippen LogP contribution in [0.5, 0.6) is 5.75 Å². The Morgan fingerprint density at radius 2 is 1.84 bits per heavy atom. The monoisotopic (exact) mass is 337 g/mol. The van der Waals surface area contributed by atoms with Gasteiger partial charge >= 0.3 is 0 Å². The number of aryl methyl sites for hydroxylation is 1. The molecule has 2 amide bonds. The zero-order valence-electron chi connectivity index (χ0n) is 14.3. The Morgan fingerprint density at radius 1 is 1.12 bits per heavy atom. The van der Waals surface area contributed by atoms with Gasteiger partial charge in [-0.25, -0.2) is 0 Å². The van der Waals surface area contributed by atoms with Gasteiger partial charge in [-0.3, -0.25) is 20.4 Å². The summed E-state index contributed by atoms with van der Waals surface area (Å²) in [5.74, 6) is -0.370. The second-order valence-corrected chi connectivity index (χ2v) is 5.59. The molecule has 0 radical (unpaired) electrons. The fourth-order valence-corrected chi connectivity index (χ4v) is 2.12. The molecule has 0 aliphatic carbocycles. The van der Waals surface area contributed by atoms with Crippen LogP contribution < -0.4 is 15.6 Å². The predicted molar refractivity (Wildman–Crippen MR) is 92.8 cm³/mol. The van der Waals surface area contributed by atoms with Crippen LogP contribution in [0.2, 0.25) is 0 Å². The number of nitrogens with one attached hydrogen (secondary N) is 2. The summed E-state index contributed by atoms with van der Waals surface area (Å²) in [4.78, 5) is 24.1. The number of carbonyl (C=O) groups excluding carboxylic acids is 2. The third-order valence-electron chi connectivity index (χ3n) is 3.78. The number of rotatable bonds is 4. The Balaban J connectivity index is 1.94. The number of hydrogen-bond acceptors (Lipinski definition) is 4. The molecule has 6 nitrogen and oxygen atoms in total. The van der Waals surface area contributed by atoms with Crippen molar-refractivity contribution in [2.75, 3.05) is 0 Å². The van der Waals surface area contributed by atoms with E-state index in [9.17, 15) is 9.59 Å². The Kier molecular flexibility index (Phi) is 5.75. The molecule has 0 aromatic heterocycles. The first-order valence-electron chi connectivity index (χ1n) is 7.75. The number of amides is 2. The number of ether oxygens (including phenoxy) is 1. The van der Waals surface area contributed by atoms with Gasteiger partial charge in [0.15, 0.2) is 6.10 Å². The average Bonchev–Trinajstić information content (AvgIpc) is 2.63. The van der Waals surface area contributed by atoms with Crippen molar-refractivity contribution >= 4 is 11.8 Å². The second kappa shape index (κ2) is 7.97. The molecule has 2 N–H and O–H groups in total. The molecule has 0 bridgehead atoms. The van der Waals surface area contributed by atoms with Crippen molar-refractivity contribution in [1.29, 1.82) is 5.26 Å². The highest BCUT2D eigenvalue weighted by molar-refractivity contribution is 5.96. The maximum atomic E-state index is 12.1. The molecule has 0 unspecified atom stereocenters. The van der Waals surface area contributed by atoms with Gasteiger partial charge in [-0.1, -0.05) is 18.2 Å². The lowest BCUT2D eigenvalue weighted by Gasteiger charge is -2.17. The summed E-state index contributed by atoms with van der Waals surface area (Å²) in [5.41, 5.74) is 7.31. The maximum Gasteiger partial charge on any atom is 0.279 e. The van der Waals surface area contributed by atoms with Crippen LogP contribution in [0.25, 0.3) is 0 Å². The Labute approximate surface area is 146 Å². The van der Waals surface area contributed by atoms with E-state index in [4.69, 9.17) is 10.00 Å². The second-order valence-electron chi connectivity index (χ2n) is 5.59. The molecule has 25 heavy (non-hydrogen) atoms. The van der Waals surface area contributed by atoms with Crippen LogP contribution in [0.15, 0.2) is 42.5 Å². The molecule has 1 atom stereocenters. The molecule has 2 rings (SSSR count). The first-order chi connectivity index (χ1) is 11.9. The van der Waals surface area contributed by atoms with E-state index >= 15 is 0 Å². The van der Waals surface area contributed by atoms with Crippen LogP contribution >= 0.6 is 0 Å². The van der Waals surface area contributed by atoms with E-state index in [0.717, 1.165) is 11.1 Å². The van der Waals surface area contributed by atoms with E-state index in [-0.39, 0.29) is 5.56 Å². The normalized spacial score (nSPS) is 11.1. The Bertz CT molecular complexity index is 840. The van der Waals surface area contributed by atoms with Gasteiger partial charge in [0, 0.05) is 5.56 Å². The molecule has 0 heterocycles. The number of nitriles is 1. The van der Waals surface area contributed by atoms with Gasteiger partial charge in [-0.05, 0) is 56.2 Å². The standard InChI is InChI=1S/C19H19N3O3/c1-12-6-4-9-17(13(12)2)25-14(3)18(23)21-22-19(24)16-8-5-7-15(10-16)11-20/h4-10,14H,1-3H3,(H,21,23)(H,22,24)/t14-/m1/s1. The molecular formula is C19H19N3O3. The van der Waals surface area contributed by atoms with Gasteiger partial charge in [0.05, 0.1) is 11.6 Å². The molecule has 6 heteroatoms. The Hall–Kier alpha value is -3.33. The lowest BCUT2D eigenvalue weighted by molar-refractivity contribution is -0.128. The van der Waals surface area contributed by atoms with E-state index in [1.807, 2.05) is 32.0 Å². The quantitative estimate of drug-likeness (QED) is 0.838. The van der Waals surface area contributed by atoms with E-state index in [1.165, 1.54) is 6.07 Å². The van der Waals surface area contributed by atoms with Crippen molar-refractivity contribution in [1.82, 2.24) is 10.9 Å². The number of benzene rings is 2. The highest BCUT2D eigenvalue weighted by atomic mass is 16.5. The summed E-state index contributed by atoms with van der Waals surface area (Å²) in [6.07, 6.45) is -0.786. The molecule has 0 saturated heterocycles. The van der Waals surface area contributed by atoms with E-state index < -0.39 is 17.9 Å². The lowest BCUT2D eigenvalue weighted by atomic mass is 10.1. The number of hydrogen-bond donors (Lipinski definition) is 2. The topological polar surface area (TPSA) is 91.2 Å². The van der Waals surface area contributed by atoms with Crippen molar-refractivity contribution in [2.24, 2.45) is 0 Å².